The summed E-state index contributed by atoms with van der Waals surface area (Å²) in [4.78, 5) is 12.6. The van der Waals surface area contributed by atoms with Crippen molar-refractivity contribution in [2.24, 2.45) is 0 Å². The summed E-state index contributed by atoms with van der Waals surface area (Å²) in [5, 5.41) is 10.1. The van der Waals surface area contributed by atoms with Crippen molar-refractivity contribution in [3.8, 4) is 0 Å². The van der Waals surface area contributed by atoms with E-state index >= 15 is 0 Å². The molecule has 0 aliphatic carbocycles. The second-order valence-corrected chi connectivity index (χ2v) is 5.91. The number of esters is 1. The van der Waals surface area contributed by atoms with Crippen LogP contribution in [0.3, 0.4) is 0 Å². The predicted molar refractivity (Wildman–Crippen MR) is 79.7 cm³/mol. The van der Waals surface area contributed by atoms with Crippen molar-refractivity contribution in [2.45, 2.75) is 56.9 Å². The van der Waals surface area contributed by atoms with Crippen LogP contribution in [-0.4, -0.2) is 41.3 Å². The summed E-state index contributed by atoms with van der Waals surface area (Å²) in [5.41, 5.74) is 2.76. The van der Waals surface area contributed by atoms with Gasteiger partial charge in [0, 0.05) is 11.4 Å². The molecule has 1 N–H and O–H groups in total. The lowest BCUT2D eigenvalue weighted by Gasteiger charge is -2.18. The van der Waals surface area contributed by atoms with Crippen molar-refractivity contribution < 1.29 is 24.1 Å². The third-order valence-corrected chi connectivity index (χ3v) is 3.53. The number of ether oxygens (including phenoxy) is 3. The van der Waals surface area contributed by atoms with E-state index in [9.17, 15) is 9.90 Å². The number of halogens is 1. The largest absolute Gasteiger partial charge is 0.458 e. The number of hydrogen-bond acceptors (Lipinski definition) is 5. The van der Waals surface area contributed by atoms with E-state index in [2.05, 4.69) is 21.7 Å². The number of aliphatic hydroxyl groups is 1. The molecule has 0 bridgehead atoms. The first-order valence-electron chi connectivity index (χ1n) is 6.84. The first-order valence-corrected chi connectivity index (χ1v) is 7.75. The summed E-state index contributed by atoms with van der Waals surface area (Å²) in [6.45, 7) is 3.58. The highest BCUT2D eigenvalue weighted by atomic mass is 79.9. The Balaban J connectivity index is 2.05. The fourth-order valence-electron chi connectivity index (χ4n) is 2.38. The van der Waals surface area contributed by atoms with E-state index in [1.807, 2.05) is 0 Å². The molecule has 2 rings (SSSR count). The van der Waals surface area contributed by atoms with Gasteiger partial charge in [0.05, 0.1) is 0 Å². The van der Waals surface area contributed by atoms with Crippen LogP contribution >= 0.6 is 15.9 Å². The first kappa shape index (κ1) is 16.5. The van der Waals surface area contributed by atoms with E-state index in [0.29, 0.717) is 12.8 Å². The molecule has 0 amide bonds. The molecule has 2 aliphatic heterocycles. The normalized spacial score (nSPS) is 32.8. The van der Waals surface area contributed by atoms with Crippen LogP contribution in [-0.2, 0) is 19.0 Å². The lowest BCUT2D eigenvalue weighted by Crippen LogP contribution is -2.33. The molecule has 0 aromatic heterocycles. The summed E-state index contributed by atoms with van der Waals surface area (Å²) in [7, 11) is 0. The Bertz CT molecular complexity index is 478. The average molecular weight is 359 g/mol. The van der Waals surface area contributed by atoms with Gasteiger partial charge in [0.2, 0.25) is 0 Å². The van der Waals surface area contributed by atoms with Gasteiger partial charge in [-0.15, -0.1) is 5.73 Å². The molecule has 21 heavy (non-hydrogen) atoms. The fourth-order valence-corrected chi connectivity index (χ4v) is 2.53. The molecule has 0 radical (unpaired) electrons. The molecule has 0 spiro atoms. The average Bonchev–Trinajstić information content (AvgIpc) is 2.96. The summed E-state index contributed by atoms with van der Waals surface area (Å²) < 4.78 is 16.6. The lowest BCUT2D eigenvalue weighted by atomic mass is 10.1. The number of carbonyl (C=O) groups excluding carboxylic acids is 1. The Morgan fingerprint density at radius 2 is 2.19 bits per heavy atom. The molecule has 0 unspecified atom stereocenters. The number of rotatable bonds is 4. The molecule has 2 heterocycles. The van der Waals surface area contributed by atoms with Crippen LogP contribution < -0.4 is 0 Å². The van der Waals surface area contributed by atoms with Crippen LogP contribution in [0.5, 0.6) is 0 Å². The van der Waals surface area contributed by atoms with Crippen molar-refractivity contribution in [1.82, 2.24) is 0 Å². The zero-order valence-corrected chi connectivity index (χ0v) is 13.6. The van der Waals surface area contributed by atoms with Crippen LogP contribution in [0.4, 0.5) is 0 Å². The zero-order chi connectivity index (χ0) is 15.5. The highest BCUT2D eigenvalue weighted by Gasteiger charge is 2.43. The van der Waals surface area contributed by atoms with Crippen molar-refractivity contribution >= 4 is 21.9 Å². The molecule has 2 fully saturated rings. The van der Waals surface area contributed by atoms with E-state index in [-0.39, 0.29) is 12.1 Å². The summed E-state index contributed by atoms with van der Waals surface area (Å²) in [6, 6.07) is 0. The highest BCUT2D eigenvalue weighted by molar-refractivity contribution is 9.11. The molecule has 0 aromatic carbocycles. The number of aliphatic hydroxyl groups excluding tert-OH is 1. The lowest BCUT2D eigenvalue weighted by molar-refractivity contribution is -0.150. The predicted octanol–water partition coefficient (Wildman–Crippen LogP) is 2.19. The second-order valence-electron chi connectivity index (χ2n) is 5.45. The smallest absolute Gasteiger partial charge is 0.306 e. The van der Waals surface area contributed by atoms with Gasteiger partial charge in [0.15, 0.2) is 5.79 Å². The van der Waals surface area contributed by atoms with Gasteiger partial charge in [-0.25, -0.2) is 0 Å². The molecule has 5 nitrogen and oxygen atoms in total. The van der Waals surface area contributed by atoms with Crippen molar-refractivity contribution in [2.75, 3.05) is 0 Å². The van der Waals surface area contributed by atoms with E-state index in [1.54, 1.807) is 26.0 Å². The van der Waals surface area contributed by atoms with Crippen LogP contribution in [0.2, 0.25) is 0 Å². The molecule has 2 saturated heterocycles. The summed E-state index contributed by atoms with van der Waals surface area (Å²) >= 11 is 3.09. The van der Waals surface area contributed by atoms with Crippen molar-refractivity contribution in [1.29, 1.82) is 0 Å². The zero-order valence-electron chi connectivity index (χ0n) is 12.0. The molecular weight excluding hydrogens is 340 g/mol. The van der Waals surface area contributed by atoms with Gasteiger partial charge in [-0.1, -0.05) is 22.0 Å². The van der Waals surface area contributed by atoms with Crippen molar-refractivity contribution in [3.05, 3.63) is 28.9 Å². The van der Waals surface area contributed by atoms with Gasteiger partial charge in [0.25, 0.3) is 0 Å². The van der Waals surface area contributed by atoms with E-state index in [4.69, 9.17) is 14.2 Å². The Kier molecular flexibility index (Phi) is 5.41. The minimum atomic E-state index is -0.846. The second kappa shape index (κ2) is 6.90. The molecular formula is C15H19BrO5. The SMILES string of the molecule is CC1(C)O[C@H]([C@H](O)C=C=CBr)[C@@H](/C=C/[C@@H]2CCC(=O)O2)O1. The van der Waals surface area contributed by atoms with Gasteiger partial charge < -0.3 is 19.3 Å². The highest BCUT2D eigenvalue weighted by Crippen LogP contribution is 2.31. The maximum atomic E-state index is 11.1. The first-order chi connectivity index (χ1) is 9.91. The molecule has 4 atom stereocenters. The quantitative estimate of drug-likeness (QED) is 0.474. The Morgan fingerprint density at radius 1 is 1.43 bits per heavy atom. The van der Waals surface area contributed by atoms with Crippen LogP contribution in [0, 0.1) is 0 Å². The topological polar surface area (TPSA) is 65.0 Å². The van der Waals surface area contributed by atoms with E-state index in [1.165, 1.54) is 11.1 Å². The van der Waals surface area contributed by atoms with Gasteiger partial charge in [0.1, 0.15) is 24.4 Å². The standard InChI is InChI=1S/C15H19BrO5/c1-15(2)20-12(7-5-10-6-8-13(18)19-10)14(21-15)11(17)4-3-9-16/h4-5,7,9-12,14,17H,6,8H2,1-2H3/b7-5+/t3?,10-,11-,12-,14-/m1/s1. The summed E-state index contributed by atoms with van der Waals surface area (Å²) in [5.74, 6) is -0.963. The van der Waals surface area contributed by atoms with E-state index < -0.39 is 24.1 Å². The van der Waals surface area contributed by atoms with Crippen molar-refractivity contribution in [3.63, 3.8) is 0 Å². The molecule has 0 aromatic rings. The van der Waals surface area contributed by atoms with Gasteiger partial charge in [-0.2, -0.15) is 0 Å². The molecule has 2 aliphatic rings. The fraction of sp³-hybridized carbons (Fsp3) is 0.600. The Labute approximate surface area is 132 Å². The Hall–Kier alpha value is -0.910. The van der Waals surface area contributed by atoms with E-state index in [0.717, 1.165) is 0 Å². The molecule has 0 saturated carbocycles. The maximum Gasteiger partial charge on any atom is 0.306 e. The minimum absolute atomic E-state index is 0.185. The Morgan fingerprint density at radius 3 is 2.81 bits per heavy atom. The number of cyclic esters (lactones) is 1. The third kappa shape index (κ3) is 4.53. The minimum Gasteiger partial charge on any atom is -0.458 e. The van der Waals surface area contributed by atoms with Crippen LogP contribution in [0.25, 0.3) is 0 Å². The molecule has 6 heteroatoms. The van der Waals surface area contributed by atoms with Crippen LogP contribution in [0.15, 0.2) is 28.9 Å². The van der Waals surface area contributed by atoms with Gasteiger partial charge in [-0.3, -0.25) is 4.79 Å². The van der Waals surface area contributed by atoms with Crippen LogP contribution in [0.1, 0.15) is 26.7 Å². The van der Waals surface area contributed by atoms with Gasteiger partial charge in [-0.05, 0) is 32.4 Å². The molecule has 116 valence electrons. The maximum absolute atomic E-state index is 11.1. The van der Waals surface area contributed by atoms with Gasteiger partial charge >= 0.3 is 5.97 Å². The number of hydrogen-bond donors (Lipinski definition) is 1. The third-order valence-electron chi connectivity index (χ3n) is 3.26. The monoisotopic (exact) mass is 358 g/mol. The summed E-state index contributed by atoms with van der Waals surface area (Å²) in [6.07, 6.45) is 4.18. The number of carbonyl (C=O) groups is 1.